The molecular weight excluding hydrogens is 222 g/mol. The van der Waals surface area contributed by atoms with E-state index in [0.29, 0.717) is 6.42 Å². The number of halogens is 1. The maximum Gasteiger partial charge on any atom is 0.0701 e. The second-order valence-electron chi connectivity index (χ2n) is 2.22. The van der Waals surface area contributed by atoms with Gasteiger partial charge in [0.1, 0.15) is 0 Å². The molecule has 0 spiro atoms. The fraction of sp³-hybridized carbons (Fsp3) is 0.375. The minimum Gasteiger partial charge on any atom is -0.198 e. The van der Waals surface area contributed by atoms with Crippen LogP contribution in [0.3, 0.4) is 0 Å². The first-order valence-electron chi connectivity index (χ1n) is 3.44. The lowest BCUT2D eigenvalue weighted by atomic mass is 10.2. The summed E-state index contributed by atoms with van der Waals surface area (Å²) < 4.78 is 1.17. The van der Waals surface area contributed by atoms with Crippen LogP contribution in [0.1, 0.15) is 17.7 Å². The van der Waals surface area contributed by atoms with Gasteiger partial charge in [0, 0.05) is 11.3 Å². The maximum atomic E-state index is 8.29. The van der Waals surface area contributed by atoms with Crippen LogP contribution in [0.5, 0.6) is 0 Å². The second kappa shape index (κ2) is 4.53. The van der Waals surface area contributed by atoms with Crippen molar-refractivity contribution in [3.8, 4) is 6.07 Å². The van der Waals surface area contributed by atoms with Gasteiger partial charge in [0.15, 0.2) is 0 Å². The van der Waals surface area contributed by atoms with Crippen LogP contribution in [0.15, 0.2) is 15.9 Å². The first-order chi connectivity index (χ1) is 5.33. The average Bonchev–Trinajstić information content (AvgIpc) is 2.37. The zero-order valence-electron chi connectivity index (χ0n) is 6.01. The largest absolute Gasteiger partial charge is 0.198 e. The van der Waals surface area contributed by atoms with Crippen LogP contribution >= 0.6 is 27.3 Å². The van der Waals surface area contributed by atoms with Gasteiger partial charge in [-0.25, -0.2) is 0 Å². The minimum absolute atomic E-state index is 0.662. The molecule has 0 aromatic carbocycles. The maximum absolute atomic E-state index is 8.29. The molecule has 0 radical (unpaired) electrons. The average molecular weight is 230 g/mol. The quantitative estimate of drug-likeness (QED) is 0.730. The highest BCUT2D eigenvalue weighted by atomic mass is 79.9. The molecule has 0 saturated heterocycles. The van der Waals surface area contributed by atoms with Crippen molar-refractivity contribution in [2.24, 2.45) is 0 Å². The van der Waals surface area contributed by atoms with Crippen molar-refractivity contribution in [1.82, 2.24) is 0 Å². The summed E-state index contributed by atoms with van der Waals surface area (Å²) in [6.45, 7) is 0. The second-order valence-corrected chi connectivity index (χ2v) is 4.77. The first kappa shape index (κ1) is 8.76. The molecule has 11 heavy (non-hydrogen) atoms. The van der Waals surface area contributed by atoms with Crippen LogP contribution in [0.25, 0.3) is 0 Å². The van der Waals surface area contributed by atoms with Crippen LogP contribution < -0.4 is 0 Å². The molecule has 0 saturated carbocycles. The summed E-state index contributed by atoms with van der Waals surface area (Å²) in [5.41, 5.74) is 0. The summed E-state index contributed by atoms with van der Waals surface area (Å²) in [6.07, 6.45) is 2.67. The molecule has 3 heteroatoms. The molecule has 0 aliphatic heterocycles. The van der Waals surface area contributed by atoms with Crippen molar-refractivity contribution in [3.05, 3.63) is 20.8 Å². The van der Waals surface area contributed by atoms with Gasteiger partial charge < -0.3 is 0 Å². The smallest absolute Gasteiger partial charge is 0.0701 e. The molecule has 1 nitrogen and oxygen atoms in total. The highest BCUT2D eigenvalue weighted by Gasteiger charge is 1.96. The van der Waals surface area contributed by atoms with Gasteiger partial charge in [0.2, 0.25) is 0 Å². The molecule has 0 amide bonds. The van der Waals surface area contributed by atoms with Gasteiger partial charge in [-0.05, 0) is 40.9 Å². The molecule has 0 atom stereocenters. The molecule has 0 aliphatic carbocycles. The van der Waals surface area contributed by atoms with Gasteiger partial charge in [0.05, 0.1) is 9.86 Å². The molecule has 0 unspecified atom stereocenters. The van der Waals surface area contributed by atoms with E-state index in [4.69, 9.17) is 5.26 Å². The number of unbranched alkanes of at least 4 members (excludes halogenated alkanes) is 1. The van der Waals surface area contributed by atoms with Crippen molar-refractivity contribution >= 4 is 27.3 Å². The number of hydrogen-bond acceptors (Lipinski definition) is 2. The van der Waals surface area contributed by atoms with Gasteiger partial charge in [0.25, 0.3) is 0 Å². The van der Waals surface area contributed by atoms with Crippen LogP contribution in [-0.4, -0.2) is 0 Å². The minimum atomic E-state index is 0.662. The van der Waals surface area contributed by atoms with E-state index >= 15 is 0 Å². The topological polar surface area (TPSA) is 23.8 Å². The number of thiophene rings is 1. The molecule has 0 bridgehead atoms. The fourth-order valence-electron chi connectivity index (χ4n) is 0.828. The SMILES string of the molecule is N#CCCCc1ccc(Br)s1. The number of hydrogen-bond donors (Lipinski definition) is 0. The van der Waals surface area contributed by atoms with Crippen LogP contribution in [0.4, 0.5) is 0 Å². The van der Waals surface area contributed by atoms with E-state index in [0.717, 1.165) is 12.8 Å². The van der Waals surface area contributed by atoms with Gasteiger partial charge in [-0.1, -0.05) is 0 Å². The van der Waals surface area contributed by atoms with Gasteiger partial charge in [-0.3, -0.25) is 0 Å². The Morgan fingerprint density at radius 2 is 2.36 bits per heavy atom. The third kappa shape index (κ3) is 3.04. The van der Waals surface area contributed by atoms with E-state index in [1.165, 1.54) is 8.66 Å². The first-order valence-corrected chi connectivity index (χ1v) is 5.05. The molecule has 1 aromatic rings. The number of rotatable bonds is 3. The molecule has 58 valence electrons. The molecule has 0 N–H and O–H groups in total. The summed E-state index contributed by atoms with van der Waals surface area (Å²) in [5, 5.41) is 8.29. The molecule has 1 rings (SSSR count). The third-order valence-corrected chi connectivity index (χ3v) is 3.02. The van der Waals surface area contributed by atoms with Gasteiger partial charge >= 0.3 is 0 Å². The zero-order valence-corrected chi connectivity index (χ0v) is 8.41. The van der Waals surface area contributed by atoms with E-state index in [9.17, 15) is 0 Å². The van der Waals surface area contributed by atoms with E-state index in [2.05, 4.69) is 28.1 Å². The predicted octanol–water partition coefficient (Wildman–Crippen LogP) is 3.36. The van der Waals surface area contributed by atoms with Gasteiger partial charge in [-0.15, -0.1) is 11.3 Å². The standard InChI is InChI=1S/C8H8BrNS/c9-8-5-4-7(11-8)3-1-2-6-10/h4-5H,1-3H2. The highest BCUT2D eigenvalue weighted by molar-refractivity contribution is 9.11. The Kier molecular flexibility index (Phi) is 3.61. The Bertz CT molecular complexity index is 261. The Morgan fingerprint density at radius 3 is 2.91 bits per heavy atom. The van der Waals surface area contributed by atoms with E-state index < -0.39 is 0 Å². The lowest BCUT2D eigenvalue weighted by Crippen LogP contribution is -1.77. The summed E-state index contributed by atoms with van der Waals surface area (Å²) in [4.78, 5) is 1.35. The molecule has 1 aromatic heterocycles. The number of nitrogens with zero attached hydrogens (tertiary/aromatic N) is 1. The molecule has 0 aliphatic rings. The number of aryl methyl sites for hydroxylation is 1. The summed E-state index contributed by atoms with van der Waals surface area (Å²) in [6, 6.07) is 6.29. The predicted molar refractivity (Wildman–Crippen MR) is 50.6 cm³/mol. The van der Waals surface area contributed by atoms with Crippen LogP contribution in [0, 0.1) is 11.3 Å². The summed E-state index contributed by atoms with van der Waals surface area (Å²) >= 11 is 5.14. The van der Waals surface area contributed by atoms with Crippen molar-refractivity contribution in [3.63, 3.8) is 0 Å². The normalized spacial score (nSPS) is 9.45. The van der Waals surface area contributed by atoms with Crippen molar-refractivity contribution in [2.45, 2.75) is 19.3 Å². The van der Waals surface area contributed by atoms with Crippen molar-refractivity contribution < 1.29 is 0 Å². The van der Waals surface area contributed by atoms with E-state index in [1.54, 1.807) is 11.3 Å². The van der Waals surface area contributed by atoms with Crippen molar-refractivity contribution in [2.75, 3.05) is 0 Å². The Morgan fingerprint density at radius 1 is 1.55 bits per heavy atom. The number of nitriles is 1. The van der Waals surface area contributed by atoms with Gasteiger partial charge in [-0.2, -0.15) is 5.26 Å². The highest BCUT2D eigenvalue weighted by Crippen LogP contribution is 2.23. The third-order valence-electron chi connectivity index (χ3n) is 1.34. The van der Waals surface area contributed by atoms with E-state index in [1.807, 2.05) is 6.07 Å². The monoisotopic (exact) mass is 229 g/mol. The Labute approximate surface area is 78.8 Å². The molecule has 0 fully saturated rings. The Balaban J connectivity index is 2.34. The lowest BCUT2D eigenvalue weighted by molar-refractivity contribution is 0.863. The molecule has 1 heterocycles. The van der Waals surface area contributed by atoms with E-state index in [-0.39, 0.29) is 0 Å². The summed E-state index contributed by atoms with van der Waals surface area (Å²) in [5.74, 6) is 0. The fourth-order valence-corrected chi connectivity index (χ4v) is 2.35. The van der Waals surface area contributed by atoms with Crippen LogP contribution in [0.2, 0.25) is 0 Å². The van der Waals surface area contributed by atoms with Crippen molar-refractivity contribution in [1.29, 1.82) is 5.26 Å². The Hall–Kier alpha value is -0.330. The zero-order chi connectivity index (χ0) is 8.10. The molecular formula is C8H8BrNS. The van der Waals surface area contributed by atoms with Crippen LogP contribution in [-0.2, 0) is 6.42 Å². The summed E-state index contributed by atoms with van der Waals surface area (Å²) in [7, 11) is 0. The lowest BCUT2D eigenvalue weighted by Gasteiger charge is -1.89.